The van der Waals surface area contributed by atoms with E-state index < -0.39 is 0 Å². The number of hydrogen-bond acceptors (Lipinski definition) is 1. The van der Waals surface area contributed by atoms with Gasteiger partial charge in [-0.15, -0.1) is 0 Å². The molecule has 1 nitrogen and oxygen atoms in total. The van der Waals surface area contributed by atoms with Gasteiger partial charge in [0, 0.05) is 0 Å². The summed E-state index contributed by atoms with van der Waals surface area (Å²) in [5.74, 6) is 1.01. The van der Waals surface area contributed by atoms with Crippen molar-refractivity contribution in [1.29, 1.82) is 0 Å². The van der Waals surface area contributed by atoms with Crippen molar-refractivity contribution in [2.24, 2.45) is 11.7 Å². The molecule has 0 amide bonds. The van der Waals surface area contributed by atoms with Crippen LogP contribution in [0, 0.1) is 5.92 Å². The average molecular weight is 139 g/mol. The Balaban J connectivity index is 1.92. The minimum atomic E-state index is 0.793. The van der Waals surface area contributed by atoms with Gasteiger partial charge in [-0.25, -0.2) is 0 Å². The van der Waals surface area contributed by atoms with Gasteiger partial charge in [-0.3, -0.25) is 0 Å². The monoisotopic (exact) mass is 139 g/mol. The summed E-state index contributed by atoms with van der Waals surface area (Å²) in [7, 11) is 0. The summed E-state index contributed by atoms with van der Waals surface area (Å²) in [6.45, 7) is 0.793. The highest BCUT2D eigenvalue weighted by Gasteiger charge is 2.14. The fourth-order valence-corrected chi connectivity index (χ4v) is 1.23. The second kappa shape index (κ2) is 4.51. The summed E-state index contributed by atoms with van der Waals surface area (Å²) in [5, 5.41) is 0. The molecule has 1 aliphatic rings. The van der Waals surface area contributed by atoms with E-state index in [2.05, 4.69) is 12.2 Å². The molecule has 1 heteroatoms. The molecular formula is C9H17N. The maximum atomic E-state index is 5.34. The minimum absolute atomic E-state index is 0.793. The summed E-state index contributed by atoms with van der Waals surface area (Å²) in [5.41, 5.74) is 5.34. The van der Waals surface area contributed by atoms with Gasteiger partial charge in [-0.1, -0.05) is 31.4 Å². The lowest BCUT2D eigenvalue weighted by molar-refractivity contribution is 0.319. The molecule has 0 atom stereocenters. The molecule has 2 N–H and O–H groups in total. The third-order valence-electron chi connectivity index (χ3n) is 2.19. The highest BCUT2D eigenvalue weighted by atomic mass is 14.5. The molecular weight excluding hydrogens is 122 g/mol. The van der Waals surface area contributed by atoms with E-state index in [0.717, 1.165) is 18.9 Å². The Labute approximate surface area is 63.3 Å². The fourth-order valence-electron chi connectivity index (χ4n) is 1.23. The van der Waals surface area contributed by atoms with Gasteiger partial charge in [-0.2, -0.15) is 0 Å². The number of allylic oxidation sites excluding steroid dienone is 1. The van der Waals surface area contributed by atoms with Crippen LogP contribution in [0.2, 0.25) is 0 Å². The third-order valence-corrected chi connectivity index (χ3v) is 2.19. The van der Waals surface area contributed by atoms with E-state index >= 15 is 0 Å². The quantitative estimate of drug-likeness (QED) is 0.593. The van der Waals surface area contributed by atoms with E-state index in [4.69, 9.17) is 5.73 Å². The normalized spacial score (nSPS) is 19.7. The molecule has 0 heterocycles. The summed E-state index contributed by atoms with van der Waals surface area (Å²) < 4.78 is 0. The van der Waals surface area contributed by atoms with Crippen molar-refractivity contribution in [3.8, 4) is 0 Å². The molecule has 1 rings (SSSR count). The van der Waals surface area contributed by atoms with Gasteiger partial charge in [0.2, 0.25) is 0 Å². The van der Waals surface area contributed by atoms with Crippen molar-refractivity contribution < 1.29 is 0 Å². The smallest absolute Gasteiger partial charge is 0.00426 e. The van der Waals surface area contributed by atoms with Crippen LogP contribution in [-0.4, -0.2) is 6.54 Å². The van der Waals surface area contributed by atoms with Crippen LogP contribution in [0.5, 0.6) is 0 Å². The first-order valence-corrected chi connectivity index (χ1v) is 4.28. The first-order valence-electron chi connectivity index (χ1n) is 4.28. The van der Waals surface area contributed by atoms with Gasteiger partial charge >= 0.3 is 0 Å². The zero-order valence-electron chi connectivity index (χ0n) is 6.55. The number of nitrogens with two attached hydrogens (primary N) is 1. The summed E-state index contributed by atoms with van der Waals surface area (Å²) >= 11 is 0. The molecule has 0 spiro atoms. The van der Waals surface area contributed by atoms with E-state index in [-0.39, 0.29) is 0 Å². The highest BCUT2D eigenvalue weighted by molar-refractivity contribution is 4.86. The summed E-state index contributed by atoms with van der Waals surface area (Å²) in [6, 6.07) is 0. The molecule has 0 saturated heterocycles. The Morgan fingerprint density at radius 1 is 1.30 bits per heavy atom. The van der Waals surface area contributed by atoms with Crippen LogP contribution in [0.4, 0.5) is 0 Å². The zero-order valence-corrected chi connectivity index (χ0v) is 6.55. The molecule has 1 fully saturated rings. The maximum Gasteiger partial charge on any atom is -0.00426 e. The van der Waals surface area contributed by atoms with Crippen LogP contribution in [-0.2, 0) is 0 Å². The first-order chi connectivity index (χ1) is 4.93. The molecule has 0 unspecified atom stereocenters. The lowest BCUT2D eigenvalue weighted by Crippen LogP contribution is -2.09. The van der Waals surface area contributed by atoms with Crippen LogP contribution in [0.1, 0.15) is 32.1 Å². The number of rotatable bonds is 4. The highest BCUT2D eigenvalue weighted by Crippen LogP contribution is 2.29. The van der Waals surface area contributed by atoms with Crippen LogP contribution < -0.4 is 5.73 Å². The van der Waals surface area contributed by atoms with Gasteiger partial charge < -0.3 is 5.73 Å². The molecule has 1 aliphatic carbocycles. The molecule has 0 radical (unpaired) electrons. The molecule has 1 saturated carbocycles. The zero-order chi connectivity index (χ0) is 7.23. The van der Waals surface area contributed by atoms with E-state index in [1.807, 2.05) is 0 Å². The van der Waals surface area contributed by atoms with Crippen LogP contribution >= 0.6 is 0 Å². The predicted octanol–water partition coefficient (Wildman–Crippen LogP) is 2.08. The average Bonchev–Trinajstić information content (AvgIpc) is 1.84. The van der Waals surface area contributed by atoms with Crippen molar-refractivity contribution in [1.82, 2.24) is 0 Å². The van der Waals surface area contributed by atoms with E-state index in [1.54, 1.807) is 0 Å². The SMILES string of the molecule is NCCC=CCC1CCC1. The van der Waals surface area contributed by atoms with Gasteiger partial charge in [-0.05, 0) is 25.3 Å². The van der Waals surface area contributed by atoms with Crippen molar-refractivity contribution >= 4 is 0 Å². The molecule has 0 aromatic carbocycles. The lowest BCUT2D eigenvalue weighted by atomic mass is 9.83. The molecule has 58 valence electrons. The topological polar surface area (TPSA) is 26.0 Å². The molecule has 0 aromatic heterocycles. The van der Waals surface area contributed by atoms with E-state index in [0.29, 0.717) is 0 Å². The van der Waals surface area contributed by atoms with E-state index in [1.165, 1.54) is 25.7 Å². The molecule has 0 aromatic rings. The third kappa shape index (κ3) is 2.53. The summed E-state index contributed by atoms with van der Waals surface area (Å²) in [4.78, 5) is 0. The Morgan fingerprint density at radius 2 is 2.10 bits per heavy atom. The van der Waals surface area contributed by atoms with E-state index in [9.17, 15) is 0 Å². The summed E-state index contributed by atoms with van der Waals surface area (Å²) in [6.07, 6.45) is 11.2. The maximum absolute atomic E-state index is 5.34. The predicted molar refractivity (Wildman–Crippen MR) is 44.8 cm³/mol. The molecule has 0 bridgehead atoms. The fraction of sp³-hybridized carbons (Fsp3) is 0.778. The Bertz CT molecular complexity index is 103. The molecule has 0 aliphatic heterocycles. The Kier molecular flexibility index (Phi) is 3.52. The van der Waals surface area contributed by atoms with Gasteiger partial charge in [0.05, 0.1) is 0 Å². The molecule has 10 heavy (non-hydrogen) atoms. The first kappa shape index (κ1) is 7.80. The van der Waals surface area contributed by atoms with Crippen molar-refractivity contribution in [2.45, 2.75) is 32.1 Å². The largest absolute Gasteiger partial charge is 0.330 e. The standard InChI is InChI=1S/C9H17N/c10-8-3-1-2-5-9-6-4-7-9/h1-2,9H,3-8,10H2. The van der Waals surface area contributed by atoms with Gasteiger partial charge in [0.25, 0.3) is 0 Å². The second-order valence-electron chi connectivity index (χ2n) is 3.08. The Morgan fingerprint density at radius 3 is 2.60 bits per heavy atom. The second-order valence-corrected chi connectivity index (χ2v) is 3.08. The Hall–Kier alpha value is -0.300. The van der Waals surface area contributed by atoms with Crippen LogP contribution in [0.3, 0.4) is 0 Å². The van der Waals surface area contributed by atoms with Crippen molar-refractivity contribution in [3.05, 3.63) is 12.2 Å². The lowest BCUT2D eigenvalue weighted by Gasteiger charge is -2.23. The van der Waals surface area contributed by atoms with Crippen molar-refractivity contribution in [2.75, 3.05) is 6.54 Å². The van der Waals surface area contributed by atoms with Crippen LogP contribution in [0.25, 0.3) is 0 Å². The van der Waals surface area contributed by atoms with Gasteiger partial charge in [0.1, 0.15) is 0 Å². The van der Waals surface area contributed by atoms with Crippen molar-refractivity contribution in [3.63, 3.8) is 0 Å². The van der Waals surface area contributed by atoms with Gasteiger partial charge in [0.15, 0.2) is 0 Å². The number of hydrogen-bond donors (Lipinski definition) is 1. The minimum Gasteiger partial charge on any atom is -0.330 e. The van der Waals surface area contributed by atoms with Crippen LogP contribution in [0.15, 0.2) is 12.2 Å².